The van der Waals surface area contributed by atoms with Gasteiger partial charge in [-0.25, -0.2) is 0 Å². The van der Waals surface area contributed by atoms with Gasteiger partial charge in [-0.05, 0) is 35.2 Å². The zero-order chi connectivity index (χ0) is 17.4. The van der Waals surface area contributed by atoms with Crippen LogP contribution >= 0.6 is 22.7 Å². The van der Waals surface area contributed by atoms with Crippen molar-refractivity contribution < 1.29 is 9.53 Å². The van der Waals surface area contributed by atoms with Crippen LogP contribution < -0.4 is 14.8 Å². The largest absolute Gasteiger partial charge is 0.427 e. The average molecular weight is 369 g/mol. The first-order valence-corrected chi connectivity index (χ1v) is 9.03. The Morgan fingerprint density at radius 1 is 1.28 bits per heavy atom. The second kappa shape index (κ2) is 6.23. The highest BCUT2D eigenvalue weighted by molar-refractivity contribution is 7.15. The minimum absolute atomic E-state index is 0.215. The van der Waals surface area contributed by atoms with E-state index in [9.17, 15) is 9.59 Å². The standard InChI is InChI=1S/C17H11N3O3S2/c1-10(21)23-12-5-2-4-11(8-12)9-14-16(22)20-17(25-14)18-15(19-20)13-6-3-7-24-13/h2-9H,1H3. The molecule has 0 amide bonds. The van der Waals surface area contributed by atoms with Crippen LogP contribution in [0.5, 0.6) is 5.75 Å². The molecule has 25 heavy (non-hydrogen) atoms. The normalized spacial score (nSPS) is 12.0. The van der Waals surface area contributed by atoms with Crippen molar-refractivity contribution in [3.05, 3.63) is 62.2 Å². The number of carbonyl (C=O) groups is 1. The number of rotatable bonds is 3. The van der Waals surface area contributed by atoms with Crippen molar-refractivity contribution in [2.24, 2.45) is 0 Å². The monoisotopic (exact) mass is 369 g/mol. The van der Waals surface area contributed by atoms with E-state index in [0.29, 0.717) is 21.1 Å². The number of esters is 1. The quantitative estimate of drug-likeness (QED) is 0.409. The summed E-state index contributed by atoms with van der Waals surface area (Å²) in [6.07, 6.45) is 1.74. The van der Waals surface area contributed by atoms with E-state index in [0.717, 1.165) is 10.4 Å². The molecule has 0 spiro atoms. The maximum Gasteiger partial charge on any atom is 0.308 e. The molecule has 0 bridgehead atoms. The Bertz CT molecular complexity index is 1180. The summed E-state index contributed by atoms with van der Waals surface area (Å²) in [5.41, 5.74) is 0.548. The van der Waals surface area contributed by atoms with Gasteiger partial charge in [0.15, 0.2) is 5.82 Å². The lowest BCUT2D eigenvalue weighted by Crippen LogP contribution is -2.23. The summed E-state index contributed by atoms with van der Waals surface area (Å²) >= 11 is 2.80. The lowest BCUT2D eigenvalue weighted by molar-refractivity contribution is -0.131. The molecule has 4 aromatic rings. The van der Waals surface area contributed by atoms with Crippen LogP contribution in [0.15, 0.2) is 46.6 Å². The van der Waals surface area contributed by atoms with Gasteiger partial charge in [0.1, 0.15) is 5.75 Å². The number of thiazole rings is 1. The van der Waals surface area contributed by atoms with Crippen LogP contribution in [0.25, 0.3) is 21.7 Å². The minimum atomic E-state index is -0.387. The van der Waals surface area contributed by atoms with E-state index in [1.165, 1.54) is 34.1 Å². The maximum atomic E-state index is 12.5. The molecule has 0 N–H and O–H groups in total. The molecule has 3 aromatic heterocycles. The van der Waals surface area contributed by atoms with Gasteiger partial charge < -0.3 is 4.74 Å². The third kappa shape index (κ3) is 3.09. The summed E-state index contributed by atoms with van der Waals surface area (Å²) in [4.78, 5) is 29.5. The van der Waals surface area contributed by atoms with E-state index in [1.807, 2.05) is 23.6 Å². The number of nitrogens with zero attached hydrogens (tertiary/aromatic N) is 3. The number of thiophene rings is 1. The van der Waals surface area contributed by atoms with Gasteiger partial charge in [0, 0.05) is 6.92 Å². The predicted molar refractivity (Wildman–Crippen MR) is 97.0 cm³/mol. The van der Waals surface area contributed by atoms with Gasteiger partial charge in [-0.15, -0.1) is 16.4 Å². The zero-order valence-electron chi connectivity index (χ0n) is 13.0. The van der Waals surface area contributed by atoms with E-state index in [2.05, 4.69) is 10.1 Å². The fraction of sp³-hybridized carbons (Fsp3) is 0.0588. The Kier molecular flexibility index (Phi) is 3.90. The summed E-state index contributed by atoms with van der Waals surface area (Å²) in [5, 5.41) is 6.24. The van der Waals surface area contributed by atoms with Crippen molar-refractivity contribution in [2.75, 3.05) is 0 Å². The van der Waals surface area contributed by atoms with Gasteiger partial charge in [-0.2, -0.15) is 9.50 Å². The molecule has 1 aromatic carbocycles. The van der Waals surface area contributed by atoms with Crippen LogP contribution in [0.1, 0.15) is 12.5 Å². The Balaban J connectivity index is 1.76. The number of hydrogen-bond acceptors (Lipinski definition) is 7. The Morgan fingerprint density at radius 2 is 2.16 bits per heavy atom. The van der Waals surface area contributed by atoms with Crippen LogP contribution in [0.2, 0.25) is 0 Å². The van der Waals surface area contributed by atoms with E-state index < -0.39 is 0 Å². The summed E-state index contributed by atoms with van der Waals surface area (Å²) in [6, 6.07) is 10.8. The van der Waals surface area contributed by atoms with Gasteiger partial charge in [0.2, 0.25) is 4.96 Å². The number of carbonyl (C=O) groups excluding carboxylic acids is 1. The van der Waals surface area contributed by atoms with Gasteiger partial charge in [0.25, 0.3) is 5.56 Å². The highest BCUT2D eigenvalue weighted by Gasteiger charge is 2.12. The molecule has 0 aliphatic heterocycles. The van der Waals surface area contributed by atoms with Gasteiger partial charge in [-0.1, -0.05) is 29.5 Å². The van der Waals surface area contributed by atoms with Gasteiger partial charge >= 0.3 is 5.97 Å². The van der Waals surface area contributed by atoms with Crippen LogP contribution in [0, 0.1) is 0 Å². The highest BCUT2D eigenvalue weighted by Crippen LogP contribution is 2.21. The van der Waals surface area contributed by atoms with Crippen LogP contribution in [-0.4, -0.2) is 20.6 Å². The molecular weight excluding hydrogens is 358 g/mol. The van der Waals surface area contributed by atoms with Crippen molar-refractivity contribution >= 4 is 39.7 Å². The topological polar surface area (TPSA) is 73.6 Å². The molecule has 0 aliphatic rings. The molecule has 124 valence electrons. The van der Waals surface area contributed by atoms with Gasteiger partial charge in [0.05, 0.1) is 9.41 Å². The lowest BCUT2D eigenvalue weighted by atomic mass is 10.2. The number of hydrogen-bond donors (Lipinski definition) is 0. The van der Waals surface area contributed by atoms with E-state index >= 15 is 0 Å². The Morgan fingerprint density at radius 3 is 2.88 bits per heavy atom. The van der Waals surface area contributed by atoms with Crippen LogP contribution in [0.3, 0.4) is 0 Å². The first-order valence-electron chi connectivity index (χ1n) is 7.34. The molecule has 0 atom stereocenters. The van der Waals surface area contributed by atoms with Crippen molar-refractivity contribution in [1.29, 1.82) is 0 Å². The van der Waals surface area contributed by atoms with Gasteiger partial charge in [-0.3, -0.25) is 9.59 Å². The zero-order valence-corrected chi connectivity index (χ0v) is 14.6. The molecule has 0 radical (unpaired) electrons. The molecule has 0 aliphatic carbocycles. The summed E-state index contributed by atoms with van der Waals surface area (Å²) in [7, 11) is 0. The second-order valence-corrected chi connectivity index (χ2v) is 7.15. The second-order valence-electron chi connectivity index (χ2n) is 5.19. The Hall–Kier alpha value is -2.84. The summed E-state index contributed by atoms with van der Waals surface area (Å²) < 4.78 is 6.90. The van der Waals surface area contributed by atoms with Crippen molar-refractivity contribution in [3.63, 3.8) is 0 Å². The molecule has 4 rings (SSSR count). The lowest BCUT2D eigenvalue weighted by Gasteiger charge is -2.01. The molecule has 0 fully saturated rings. The number of ether oxygens (including phenoxy) is 1. The third-order valence-electron chi connectivity index (χ3n) is 3.34. The van der Waals surface area contributed by atoms with Crippen LogP contribution in [0.4, 0.5) is 0 Å². The molecule has 6 nitrogen and oxygen atoms in total. The van der Waals surface area contributed by atoms with Crippen molar-refractivity contribution in [1.82, 2.24) is 14.6 Å². The Labute approximate surface area is 149 Å². The van der Waals surface area contributed by atoms with E-state index in [1.54, 1.807) is 24.3 Å². The molecule has 3 heterocycles. The number of benzene rings is 1. The number of fused-ring (bicyclic) bond motifs is 1. The SMILES string of the molecule is CC(=O)Oc1cccc(C=c2sc3nc(-c4cccs4)nn3c2=O)c1. The highest BCUT2D eigenvalue weighted by atomic mass is 32.1. The molecule has 0 saturated carbocycles. The molecule has 0 saturated heterocycles. The van der Waals surface area contributed by atoms with Crippen molar-refractivity contribution in [3.8, 4) is 16.5 Å². The molecule has 8 heteroatoms. The first-order chi connectivity index (χ1) is 12.1. The van der Waals surface area contributed by atoms with E-state index in [4.69, 9.17) is 4.74 Å². The minimum Gasteiger partial charge on any atom is -0.427 e. The molecular formula is C17H11N3O3S2. The third-order valence-corrected chi connectivity index (χ3v) is 5.17. The first kappa shape index (κ1) is 15.7. The van der Waals surface area contributed by atoms with E-state index in [-0.39, 0.29) is 11.5 Å². The smallest absolute Gasteiger partial charge is 0.308 e. The summed E-state index contributed by atoms with van der Waals surface area (Å²) in [6.45, 7) is 1.34. The van der Waals surface area contributed by atoms with Crippen LogP contribution in [-0.2, 0) is 4.79 Å². The molecule has 0 unspecified atom stereocenters. The fourth-order valence-corrected chi connectivity index (χ4v) is 3.89. The van der Waals surface area contributed by atoms with Crippen molar-refractivity contribution in [2.45, 2.75) is 6.92 Å². The predicted octanol–water partition coefficient (Wildman–Crippen LogP) is 2.35. The maximum absolute atomic E-state index is 12.5. The average Bonchev–Trinajstić information content (AvgIpc) is 3.26. The number of aromatic nitrogens is 3. The summed E-state index contributed by atoms with van der Waals surface area (Å²) in [5.74, 6) is 0.608. The fourth-order valence-electron chi connectivity index (χ4n) is 2.33.